The zero-order chi connectivity index (χ0) is 17.3. The molecule has 2 amide bonds. The predicted molar refractivity (Wildman–Crippen MR) is 83.9 cm³/mol. The van der Waals surface area contributed by atoms with Gasteiger partial charge in [-0.1, -0.05) is 30.3 Å². The number of carbonyl (C=O) groups excluding carboxylic acids is 3. The fourth-order valence-electron chi connectivity index (χ4n) is 2.47. The van der Waals surface area contributed by atoms with Gasteiger partial charge in [0.25, 0.3) is 0 Å². The molecule has 0 spiro atoms. The quantitative estimate of drug-likeness (QED) is 0.788. The smallest absolute Gasteiger partial charge is 0.247 e. The molecule has 0 bridgehead atoms. The van der Waals surface area contributed by atoms with Gasteiger partial charge in [0.2, 0.25) is 11.8 Å². The van der Waals surface area contributed by atoms with Gasteiger partial charge in [-0.25, -0.2) is 9.29 Å². The Morgan fingerprint density at radius 3 is 2.50 bits per heavy atom. The minimum absolute atomic E-state index is 0.0490. The molecule has 24 heavy (non-hydrogen) atoms. The van der Waals surface area contributed by atoms with E-state index < -0.39 is 28.9 Å². The molecule has 0 saturated carbocycles. The van der Waals surface area contributed by atoms with Gasteiger partial charge in [0.05, 0.1) is 16.9 Å². The number of rotatable bonds is 4. The molecular formula is C17H11FNO4S-. The van der Waals surface area contributed by atoms with Gasteiger partial charge in [-0.3, -0.25) is 9.59 Å². The van der Waals surface area contributed by atoms with Gasteiger partial charge in [0.15, 0.2) is 0 Å². The first-order valence-electron chi connectivity index (χ1n) is 7.07. The van der Waals surface area contributed by atoms with Crippen LogP contribution in [0.3, 0.4) is 0 Å². The number of halogens is 1. The molecule has 1 heterocycles. The van der Waals surface area contributed by atoms with Gasteiger partial charge in [0.1, 0.15) is 5.82 Å². The van der Waals surface area contributed by atoms with Crippen molar-refractivity contribution in [3.05, 3.63) is 59.9 Å². The van der Waals surface area contributed by atoms with E-state index in [0.717, 1.165) is 16.7 Å². The van der Waals surface area contributed by atoms with Crippen molar-refractivity contribution in [2.24, 2.45) is 0 Å². The fourth-order valence-corrected chi connectivity index (χ4v) is 3.65. The SMILES string of the molecule is O=C([O-])c1ccccc1S[C@H]1CC(=O)N(c2ccccc2F)C1=O. The van der Waals surface area contributed by atoms with Crippen molar-refractivity contribution in [3.63, 3.8) is 0 Å². The highest BCUT2D eigenvalue weighted by Gasteiger charge is 2.41. The number of aromatic carboxylic acids is 1. The predicted octanol–water partition coefficient (Wildman–Crippen LogP) is 1.61. The molecule has 2 aromatic rings. The summed E-state index contributed by atoms with van der Waals surface area (Å²) < 4.78 is 13.9. The van der Waals surface area contributed by atoms with Gasteiger partial charge in [0, 0.05) is 16.9 Å². The molecule has 3 rings (SSSR count). The number of thioether (sulfide) groups is 1. The second-order valence-corrected chi connectivity index (χ2v) is 6.36. The monoisotopic (exact) mass is 344 g/mol. The van der Waals surface area contributed by atoms with Crippen LogP contribution in [-0.4, -0.2) is 23.0 Å². The van der Waals surface area contributed by atoms with Crippen LogP contribution in [0, 0.1) is 5.82 Å². The number of anilines is 1. The van der Waals surface area contributed by atoms with Crippen LogP contribution in [0.15, 0.2) is 53.4 Å². The van der Waals surface area contributed by atoms with Crippen LogP contribution >= 0.6 is 11.8 Å². The number of hydrogen-bond donors (Lipinski definition) is 0. The molecule has 5 nitrogen and oxygen atoms in total. The number of carboxylic acid groups (broad SMARTS) is 1. The Kier molecular flexibility index (Phi) is 4.35. The third kappa shape index (κ3) is 2.90. The third-order valence-electron chi connectivity index (χ3n) is 3.57. The maximum atomic E-state index is 13.9. The zero-order valence-corrected chi connectivity index (χ0v) is 13.1. The van der Waals surface area contributed by atoms with Crippen LogP contribution in [-0.2, 0) is 9.59 Å². The third-order valence-corrected chi connectivity index (χ3v) is 4.84. The lowest BCUT2D eigenvalue weighted by atomic mass is 10.2. The normalized spacial score (nSPS) is 17.4. The maximum absolute atomic E-state index is 13.9. The van der Waals surface area contributed by atoms with E-state index >= 15 is 0 Å². The molecule has 1 aliphatic heterocycles. The number of hydrogen-bond acceptors (Lipinski definition) is 5. The first kappa shape index (κ1) is 16.2. The van der Waals surface area contributed by atoms with Crippen molar-refractivity contribution in [1.82, 2.24) is 0 Å². The van der Waals surface area contributed by atoms with Gasteiger partial charge < -0.3 is 9.90 Å². The summed E-state index contributed by atoms with van der Waals surface area (Å²) in [6, 6.07) is 11.6. The molecule has 0 radical (unpaired) electrons. The summed E-state index contributed by atoms with van der Waals surface area (Å²) in [5.74, 6) is -3.11. The first-order valence-corrected chi connectivity index (χ1v) is 7.95. The first-order chi connectivity index (χ1) is 11.5. The van der Waals surface area contributed by atoms with E-state index in [4.69, 9.17) is 0 Å². The summed E-state index contributed by atoms with van der Waals surface area (Å²) >= 11 is 0.967. The van der Waals surface area contributed by atoms with Gasteiger partial charge >= 0.3 is 0 Å². The molecule has 122 valence electrons. The standard InChI is InChI=1S/C17H12FNO4S/c18-11-6-2-3-7-12(11)19-15(20)9-14(16(19)21)24-13-8-4-1-5-10(13)17(22)23/h1-8,14H,9H2,(H,22,23)/p-1/t14-/m0/s1. The second-order valence-electron chi connectivity index (χ2n) is 5.11. The highest BCUT2D eigenvalue weighted by Crippen LogP contribution is 2.35. The Morgan fingerprint density at radius 2 is 1.79 bits per heavy atom. The van der Waals surface area contributed by atoms with Crippen molar-refractivity contribution >= 4 is 35.2 Å². The van der Waals surface area contributed by atoms with Gasteiger partial charge in [-0.2, -0.15) is 0 Å². The molecule has 0 unspecified atom stereocenters. The number of amides is 2. The van der Waals surface area contributed by atoms with E-state index in [1.54, 1.807) is 18.2 Å². The Bertz CT molecular complexity index is 839. The van der Waals surface area contributed by atoms with E-state index in [2.05, 4.69) is 0 Å². The number of carboxylic acids is 1. The van der Waals surface area contributed by atoms with E-state index in [-0.39, 0.29) is 17.7 Å². The molecule has 1 saturated heterocycles. The molecule has 1 fully saturated rings. The van der Waals surface area contributed by atoms with Gasteiger partial charge in [-0.05, 0) is 18.2 Å². The number of carbonyl (C=O) groups is 3. The average molecular weight is 344 g/mol. The lowest BCUT2D eigenvalue weighted by Gasteiger charge is -2.16. The molecule has 1 atom stereocenters. The average Bonchev–Trinajstić information content (AvgIpc) is 2.82. The highest BCUT2D eigenvalue weighted by molar-refractivity contribution is 8.00. The summed E-state index contributed by atoms with van der Waals surface area (Å²) in [7, 11) is 0. The summed E-state index contributed by atoms with van der Waals surface area (Å²) in [6.07, 6.45) is -0.126. The minimum Gasteiger partial charge on any atom is -0.545 e. The Morgan fingerprint density at radius 1 is 1.12 bits per heavy atom. The van der Waals surface area contributed by atoms with Crippen molar-refractivity contribution in [3.8, 4) is 0 Å². The summed E-state index contributed by atoms with van der Waals surface area (Å²) in [6.45, 7) is 0. The molecule has 0 aromatic heterocycles. The molecule has 0 aliphatic carbocycles. The van der Waals surface area contributed by atoms with Gasteiger partial charge in [-0.15, -0.1) is 11.8 Å². The van der Waals surface area contributed by atoms with Crippen LogP contribution in [0.4, 0.5) is 10.1 Å². The van der Waals surface area contributed by atoms with E-state index in [9.17, 15) is 23.9 Å². The number of para-hydroxylation sites is 1. The van der Waals surface area contributed by atoms with Crippen molar-refractivity contribution in [1.29, 1.82) is 0 Å². The van der Waals surface area contributed by atoms with E-state index in [1.807, 2.05) is 0 Å². The fraction of sp³-hybridized carbons (Fsp3) is 0.118. The van der Waals surface area contributed by atoms with Crippen molar-refractivity contribution in [2.75, 3.05) is 4.90 Å². The Labute approximate surface area is 141 Å². The zero-order valence-electron chi connectivity index (χ0n) is 12.3. The van der Waals surface area contributed by atoms with Crippen molar-refractivity contribution in [2.45, 2.75) is 16.6 Å². The second kappa shape index (κ2) is 6.45. The van der Waals surface area contributed by atoms with Crippen LogP contribution in [0.2, 0.25) is 0 Å². The molecule has 2 aromatic carbocycles. The van der Waals surface area contributed by atoms with E-state index in [0.29, 0.717) is 4.90 Å². The van der Waals surface area contributed by atoms with Crippen LogP contribution in [0.1, 0.15) is 16.8 Å². The molecule has 1 aliphatic rings. The largest absolute Gasteiger partial charge is 0.545 e. The topological polar surface area (TPSA) is 77.5 Å². The minimum atomic E-state index is -1.36. The lowest BCUT2D eigenvalue weighted by Crippen LogP contribution is -2.32. The molecule has 0 N–H and O–H groups in total. The summed E-state index contributed by atoms with van der Waals surface area (Å²) in [5.41, 5.74) is -0.143. The van der Waals surface area contributed by atoms with Crippen LogP contribution in [0.25, 0.3) is 0 Å². The van der Waals surface area contributed by atoms with Crippen LogP contribution < -0.4 is 10.0 Å². The lowest BCUT2D eigenvalue weighted by molar-refractivity contribution is -0.255. The maximum Gasteiger partial charge on any atom is 0.247 e. The summed E-state index contributed by atoms with van der Waals surface area (Å²) in [4.78, 5) is 36.9. The Balaban J connectivity index is 1.88. The number of imide groups is 1. The Hall–Kier alpha value is -2.67. The summed E-state index contributed by atoms with van der Waals surface area (Å²) in [5, 5.41) is 10.3. The number of benzene rings is 2. The molecule has 7 heteroatoms. The van der Waals surface area contributed by atoms with Crippen molar-refractivity contribution < 1.29 is 23.9 Å². The van der Waals surface area contributed by atoms with Crippen LogP contribution in [0.5, 0.6) is 0 Å². The molecular weight excluding hydrogens is 333 g/mol. The van der Waals surface area contributed by atoms with E-state index in [1.165, 1.54) is 30.3 Å². The number of nitrogens with zero attached hydrogens (tertiary/aromatic N) is 1. The highest BCUT2D eigenvalue weighted by atomic mass is 32.2.